The van der Waals surface area contributed by atoms with Gasteiger partial charge in [0.2, 0.25) is 5.91 Å². The average molecular weight is 360 g/mol. The molecule has 2 aromatic rings. The van der Waals surface area contributed by atoms with Crippen LogP contribution in [0.4, 0.5) is 10.5 Å². The molecule has 2 rings (SSSR count). The first-order valence-electron chi connectivity index (χ1n) is 8.21. The summed E-state index contributed by atoms with van der Waals surface area (Å²) in [4.78, 5) is 29.7. The van der Waals surface area contributed by atoms with Crippen molar-refractivity contribution in [2.24, 2.45) is 0 Å². The fraction of sp³-hybridized carbons (Fsp3) is 0.389. The summed E-state index contributed by atoms with van der Waals surface area (Å²) < 4.78 is 0. The van der Waals surface area contributed by atoms with Crippen LogP contribution in [0.1, 0.15) is 42.6 Å². The van der Waals surface area contributed by atoms with Crippen LogP contribution in [0.2, 0.25) is 0 Å². The number of urea groups is 1. The van der Waals surface area contributed by atoms with Gasteiger partial charge in [0, 0.05) is 24.5 Å². The maximum atomic E-state index is 12.3. The number of nitrogens with one attached hydrogen (secondary N) is 2. The Morgan fingerprint density at radius 2 is 1.96 bits per heavy atom. The SMILES string of the molecule is CCC(=O)Nc1ccc([C@@H](C)NC(=O)N(C)Cc2csc(C)n2)cc1. The Hall–Kier alpha value is -2.41. The van der Waals surface area contributed by atoms with E-state index in [1.807, 2.05) is 50.4 Å². The Labute approximate surface area is 152 Å². The van der Waals surface area contributed by atoms with E-state index >= 15 is 0 Å². The molecular formula is C18H24N4O2S. The number of thiazole rings is 1. The summed E-state index contributed by atoms with van der Waals surface area (Å²) in [5.74, 6) is -0.0204. The highest BCUT2D eigenvalue weighted by molar-refractivity contribution is 7.09. The van der Waals surface area contributed by atoms with Crippen LogP contribution < -0.4 is 10.6 Å². The first kappa shape index (κ1) is 18.9. The molecule has 3 amide bonds. The van der Waals surface area contributed by atoms with Gasteiger partial charge >= 0.3 is 6.03 Å². The van der Waals surface area contributed by atoms with E-state index in [2.05, 4.69) is 15.6 Å². The van der Waals surface area contributed by atoms with Gasteiger partial charge in [-0.1, -0.05) is 19.1 Å². The molecule has 0 fully saturated rings. The van der Waals surface area contributed by atoms with Crippen LogP contribution in [-0.4, -0.2) is 28.9 Å². The maximum absolute atomic E-state index is 12.3. The Kier molecular flexibility index (Phi) is 6.52. The number of nitrogens with zero attached hydrogens (tertiary/aromatic N) is 2. The number of aromatic nitrogens is 1. The van der Waals surface area contributed by atoms with Gasteiger partial charge in [-0.3, -0.25) is 4.79 Å². The Morgan fingerprint density at radius 1 is 1.28 bits per heavy atom. The van der Waals surface area contributed by atoms with E-state index < -0.39 is 0 Å². The van der Waals surface area contributed by atoms with E-state index in [0.717, 1.165) is 22.0 Å². The molecule has 0 spiro atoms. The molecule has 0 bridgehead atoms. The van der Waals surface area contributed by atoms with Crippen LogP contribution in [-0.2, 0) is 11.3 Å². The van der Waals surface area contributed by atoms with Crippen molar-refractivity contribution < 1.29 is 9.59 Å². The van der Waals surface area contributed by atoms with Gasteiger partial charge in [0.25, 0.3) is 0 Å². The zero-order valence-electron chi connectivity index (χ0n) is 15.0. The summed E-state index contributed by atoms with van der Waals surface area (Å²) in [6.07, 6.45) is 0.444. The number of aryl methyl sites for hydroxylation is 1. The van der Waals surface area contributed by atoms with Crippen LogP contribution in [0.15, 0.2) is 29.6 Å². The van der Waals surface area contributed by atoms with Gasteiger partial charge in [0.05, 0.1) is 23.3 Å². The fourth-order valence-electron chi connectivity index (χ4n) is 2.28. The van der Waals surface area contributed by atoms with Gasteiger partial charge in [-0.05, 0) is 31.5 Å². The standard InChI is InChI=1S/C18H24N4O2S/c1-5-17(23)21-15-8-6-14(7-9-15)12(2)19-18(24)22(4)10-16-11-25-13(3)20-16/h6-9,11-12H,5,10H2,1-4H3,(H,19,24)(H,21,23)/t12-/m1/s1. The molecule has 2 N–H and O–H groups in total. The monoisotopic (exact) mass is 360 g/mol. The largest absolute Gasteiger partial charge is 0.331 e. The highest BCUT2D eigenvalue weighted by Gasteiger charge is 2.14. The third-order valence-corrected chi connectivity index (χ3v) is 4.59. The molecule has 25 heavy (non-hydrogen) atoms. The second-order valence-corrected chi connectivity index (χ2v) is 6.97. The third-order valence-electron chi connectivity index (χ3n) is 3.77. The Bertz CT molecular complexity index is 727. The lowest BCUT2D eigenvalue weighted by molar-refractivity contribution is -0.115. The molecule has 134 valence electrons. The van der Waals surface area contributed by atoms with E-state index in [1.54, 1.807) is 23.3 Å². The van der Waals surface area contributed by atoms with Gasteiger partial charge < -0.3 is 15.5 Å². The maximum Gasteiger partial charge on any atom is 0.317 e. The van der Waals surface area contributed by atoms with Crippen molar-refractivity contribution in [2.45, 2.75) is 39.8 Å². The van der Waals surface area contributed by atoms with Crippen LogP contribution in [0.5, 0.6) is 0 Å². The molecule has 1 atom stereocenters. The van der Waals surface area contributed by atoms with E-state index in [9.17, 15) is 9.59 Å². The lowest BCUT2D eigenvalue weighted by Gasteiger charge is -2.21. The fourth-order valence-corrected chi connectivity index (χ4v) is 2.88. The minimum Gasteiger partial charge on any atom is -0.331 e. The van der Waals surface area contributed by atoms with Crippen molar-refractivity contribution in [2.75, 3.05) is 12.4 Å². The zero-order chi connectivity index (χ0) is 18.4. The van der Waals surface area contributed by atoms with Crippen LogP contribution >= 0.6 is 11.3 Å². The van der Waals surface area contributed by atoms with E-state index in [4.69, 9.17) is 0 Å². The smallest absolute Gasteiger partial charge is 0.317 e. The molecule has 0 saturated carbocycles. The molecule has 0 aliphatic heterocycles. The minimum atomic E-state index is -0.151. The summed E-state index contributed by atoms with van der Waals surface area (Å²) in [6, 6.07) is 7.20. The zero-order valence-corrected chi connectivity index (χ0v) is 15.8. The van der Waals surface area contributed by atoms with Gasteiger partial charge in [0.1, 0.15) is 0 Å². The van der Waals surface area contributed by atoms with Crippen molar-refractivity contribution in [3.8, 4) is 0 Å². The van der Waals surface area contributed by atoms with E-state index in [-0.39, 0.29) is 18.0 Å². The summed E-state index contributed by atoms with van der Waals surface area (Å²) in [6.45, 7) is 6.16. The summed E-state index contributed by atoms with van der Waals surface area (Å²) in [7, 11) is 1.75. The number of amides is 3. The highest BCUT2D eigenvalue weighted by Crippen LogP contribution is 2.17. The third kappa shape index (κ3) is 5.56. The Morgan fingerprint density at radius 3 is 2.52 bits per heavy atom. The lowest BCUT2D eigenvalue weighted by atomic mass is 10.1. The molecule has 7 heteroatoms. The highest BCUT2D eigenvalue weighted by atomic mass is 32.1. The predicted molar refractivity (Wildman–Crippen MR) is 101 cm³/mol. The summed E-state index contributed by atoms with van der Waals surface area (Å²) in [5.41, 5.74) is 2.62. The minimum absolute atomic E-state index is 0.0204. The second-order valence-electron chi connectivity index (χ2n) is 5.91. The topological polar surface area (TPSA) is 74.3 Å². The molecular weight excluding hydrogens is 336 g/mol. The summed E-state index contributed by atoms with van der Waals surface area (Å²) in [5, 5.41) is 8.73. The predicted octanol–water partition coefficient (Wildman–Crippen LogP) is 3.70. The molecule has 0 aliphatic rings. The average Bonchev–Trinajstić information content (AvgIpc) is 3.00. The molecule has 0 radical (unpaired) electrons. The van der Waals surface area contributed by atoms with Crippen molar-refractivity contribution in [1.29, 1.82) is 0 Å². The van der Waals surface area contributed by atoms with Crippen LogP contribution in [0.3, 0.4) is 0 Å². The van der Waals surface area contributed by atoms with Crippen molar-refractivity contribution in [1.82, 2.24) is 15.2 Å². The summed E-state index contributed by atoms with van der Waals surface area (Å²) >= 11 is 1.58. The number of carbonyl (C=O) groups excluding carboxylic acids is 2. The molecule has 0 unspecified atom stereocenters. The Balaban J connectivity index is 1.90. The second kappa shape index (κ2) is 8.62. The number of hydrogen-bond acceptors (Lipinski definition) is 4. The van der Waals surface area contributed by atoms with Gasteiger partial charge in [-0.25, -0.2) is 9.78 Å². The molecule has 1 heterocycles. The van der Waals surface area contributed by atoms with Gasteiger partial charge in [-0.2, -0.15) is 0 Å². The molecule has 6 nitrogen and oxygen atoms in total. The van der Waals surface area contributed by atoms with E-state index in [1.165, 1.54) is 0 Å². The molecule has 0 aliphatic carbocycles. The van der Waals surface area contributed by atoms with Crippen LogP contribution in [0.25, 0.3) is 0 Å². The number of rotatable bonds is 6. The van der Waals surface area contributed by atoms with Crippen molar-refractivity contribution in [3.63, 3.8) is 0 Å². The van der Waals surface area contributed by atoms with Crippen molar-refractivity contribution >= 4 is 29.0 Å². The molecule has 1 aromatic carbocycles. The molecule has 0 saturated heterocycles. The van der Waals surface area contributed by atoms with E-state index in [0.29, 0.717) is 13.0 Å². The number of hydrogen-bond donors (Lipinski definition) is 2. The number of anilines is 1. The first-order chi connectivity index (χ1) is 11.9. The van der Waals surface area contributed by atoms with Gasteiger partial charge in [-0.15, -0.1) is 11.3 Å². The lowest BCUT2D eigenvalue weighted by Crippen LogP contribution is -2.38. The quantitative estimate of drug-likeness (QED) is 0.825. The number of carbonyl (C=O) groups is 2. The molecule has 1 aromatic heterocycles. The van der Waals surface area contributed by atoms with Crippen molar-refractivity contribution in [3.05, 3.63) is 45.9 Å². The van der Waals surface area contributed by atoms with Crippen LogP contribution in [0, 0.1) is 6.92 Å². The number of benzene rings is 1. The first-order valence-corrected chi connectivity index (χ1v) is 9.09. The van der Waals surface area contributed by atoms with Gasteiger partial charge in [0.15, 0.2) is 0 Å². The normalized spacial score (nSPS) is 11.7.